The molecule has 0 N–H and O–H groups in total. The van der Waals surface area contributed by atoms with Crippen molar-refractivity contribution in [3.8, 4) is 27.8 Å². The van der Waals surface area contributed by atoms with E-state index in [0.717, 1.165) is 37.6 Å². The summed E-state index contributed by atoms with van der Waals surface area (Å²) < 4.78 is 12.3. The van der Waals surface area contributed by atoms with Crippen molar-refractivity contribution in [1.29, 1.82) is 0 Å². The van der Waals surface area contributed by atoms with Crippen LogP contribution in [0.25, 0.3) is 22.0 Å². The van der Waals surface area contributed by atoms with E-state index in [1.807, 2.05) is 54.8 Å². The summed E-state index contributed by atoms with van der Waals surface area (Å²) in [5, 5.41) is 11.8. The maximum absolute atomic E-state index is 5.81. The molecule has 0 saturated heterocycles. The van der Waals surface area contributed by atoms with Gasteiger partial charge in [0, 0.05) is 21.2 Å². The third kappa shape index (κ3) is 4.14. The quantitative estimate of drug-likeness (QED) is 0.309. The molecular weight excluding hydrogens is 458 g/mol. The number of ether oxygens (including phenoxy) is 1. The highest BCUT2D eigenvalue weighted by Gasteiger charge is 2.14. The van der Waals surface area contributed by atoms with Gasteiger partial charge in [-0.2, -0.15) is 0 Å². The Hall–Kier alpha value is -2.16. The van der Waals surface area contributed by atoms with E-state index in [4.69, 9.17) is 14.1 Å². The number of thioether (sulfide) groups is 1. The second-order valence-electron chi connectivity index (χ2n) is 5.97. The van der Waals surface area contributed by atoms with Gasteiger partial charge in [0.05, 0.1) is 18.4 Å². The summed E-state index contributed by atoms with van der Waals surface area (Å²) in [5.41, 5.74) is 4.00. The number of aryl methyl sites for hydroxylation is 1. The van der Waals surface area contributed by atoms with Gasteiger partial charge in [0.15, 0.2) is 0 Å². The van der Waals surface area contributed by atoms with E-state index in [1.54, 1.807) is 18.4 Å². The van der Waals surface area contributed by atoms with Crippen molar-refractivity contribution in [1.82, 2.24) is 15.2 Å². The summed E-state index contributed by atoms with van der Waals surface area (Å²) in [6.45, 7) is 2.03. The largest absolute Gasteiger partial charge is 0.496 e. The van der Waals surface area contributed by atoms with Gasteiger partial charge in [-0.15, -0.1) is 21.5 Å². The maximum Gasteiger partial charge on any atom is 0.277 e. The molecule has 28 heavy (non-hydrogen) atoms. The Morgan fingerprint density at radius 2 is 2.00 bits per heavy atom. The first kappa shape index (κ1) is 19.2. The third-order valence-corrected chi connectivity index (χ3v) is 6.34. The standard InChI is InChI=1S/C20H16BrN3O2S2/c1-12-5-3-4-6-15(12)18-23-24-20(26-18)28-11-14-10-27-19(22-14)16-9-13(21)7-8-17(16)25-2/h3-10H,11H2,1-2H3. The number of halogens is 1. The van der Waals surface area contributed by atoms with Gasteiger partial charge in [-0.25, -0.2) is 4.98 Å². The average molecular weight is 474 g/mol. The molecule has 4 rings (SSSR count). The van der Waals surface area contributed by atoms with Crippen molar-refractivity contribution in [2.24, 2.45) is 0 Å². The summed E-state index contributed by atoms with van der Waals surface area (Å²) in [6, 6.07) is 13.9. The topological polar surface area (TPSA) is 61.0 Å². The van der Waals surface area contributed by atoms with Gasteiger partial charge in [-0.3, -0.25) is 0 Å². The van der Waals surface area contributed by atoms with Crippen LogP contribution < -0.4 is 4.74 Å². The zero-order valence-electron chi connectivity index (χ0n) is 15.2. The van der Waals surface area contributed by atoms with Crippen LogP contribution in [0.3, 0.4) is 0 Å². The zero-order chi connectivity index (χ0) is 19.5. The average Bonchev–Trinajstić information content (AvgIpc) is 3.36. The lowest BCUT2D eigenvalue weighted by atomic mass is 10.1. The molecule has 2 aromatic heterocycles. The molecule has 0 saturated carbocycles. The van der Waals surface area contributed by atoms with Gasteiger partial charge in [0.1, 0.15) is 10.8 Å². The molecule has 2 heterocycles. The van der Waals surface area contributed by atoms with Crippen molar-refractivity contribution < 1.29 is 9.15 Å². The van der Waals surface area contributed by atoms with E-state index in [9.17, 15) is 0 Å². The minimum atomic E-state index is 0.535. The van der Waals surface area contributed by atoms with Crippen molar-refractivity contribution in [3.63, 3.8) is 0 Å². The molecule has 0 aliphatic carbocycles. The normalized spacial score (nSPS) is 11.0. The Balaban J connectivity index is 1.47. The molecule has 2 aromatic carbocycles. The fourth-order valence-electron chi connectivity index (χ4n) is 2.67. The Morgan fingerprint density at radius 3 is 2.82 bits per heavy atom. The van der Waals surface area contributed by atoms with E-state index < -0.39 is 0 Å². The van der Waals surface area contributed by atoms with Crippen LogP contribution >= 0.6 is 39.0 Å². The summed E-state index contributed by atoms with van der Waals surface area (Å²) in [4.78, 5) is 4.73. The summed E-state index contributed by atoms with van der Waals surface area (Å²) >= 11 is 6.58. The van der Waals surface area contributed by atoms with Gasteiger partial charge in [-0.05, 0) is 36.8 Å². The predicted octanol–water partition coefficient (Wildman–Crippen LogP) is 6.23. The van der Waals surface area contributed by atoms with Crippen molar-refractivity contribution in [2.75, 3.05) is 7.11 Å². The Labute approximate surface area is 179 Å². The van der Waals surface area contributed by atoms with Crippen LogP contribution in [0.1, 0.15) is 11.3 Å². The van der Waals surface area contributed by atoms with E-state index >= 15 is 0 Å². The van der Waals surface area contributed by atoms with Crippen LogP contribution in [0.4, 0.5) is 0 Å². The molecule has 0 radical (unpaired) electrons. The summed E-state index contributed by atoms with van der Waals surface area (Å²) in [6.07, 6.45) is 0. The minimum Gasteiger partial charge on any atom is -0.496 e. The number of aromatic nitrogens is 3. The maximum atomic E-state index is 5.81. The van der Waals surface area contributed by atoms with Crippen molar-refractivity contribution in [2.45, 2.75) is 17.9 Å². The first-order valence-electron chi connectivity index (χ1n) is 8.44. The first-order chi connectivity index (χ1) is 13.6. The molecule has 0 bridgehead atoms. The van der Waals surface area contributed by atoms with Gasteiger partial charge >= 0.3 is 0 Å². The monoisotopic (exact) mass is 473 g/mol. The molecule has 0 unspecified atom stereocenters. The minimum absolute atomic E-state index is 0.535. The molecule has 8 heteroatoms. The molecule has 0 spiro atoms. The lowest BCUT2D eigenvalue weighted by Crippen LogP contribution is -1.88. The van der Waals surface area contributed by atoms with E-state index in [0.29, 0.717) is 16.9 Å². The van der Waals surface area contributed by atoms with Crippen LogP contribution in [0.5, 0.6) is 5.75 Å². The highest BCUT2D eigenvalue weighted by Crippen LogP contribution is 2.35. The summed E-state index contributed by atoms with van der Waals surface area (Å²) in [7, 11) is 1.67. The second kappa shape index (κ2) is 8.46. The molecule has 5 nitrogen and oxygen atoms in total. The molecule has 0 amide bonds. The SMILES string of the molecule is COc1ccc(Br)cc1-c1nc(CSc2nnc(-c3ccccc3C)o2)cs1. The highest BCUT2D eigenvalue weighted by atomic mass is 79.9. The third-order valence-electron chi connectivity index (χ3n) is 4.07. The molecule has 0 aliphatic heterocycles. The van der Waals surface area contributed by atoms with Gasteiger partial charge in [-0.1, -0.05) is 45.9 Å². The number of thiazole rings is 1. The zero-order valence-corrected chi connectivity index (χ0v) is 18.4. The Kier molecular flexibility index (Phi) is 5.79. The van der Waals surface area contributed by atoms with Crippen LogP contribution in [-0.4, -0.2) is 22.3 Å². The van der Waals surface area contributed by atoms with Gasteiger partial charge in [0.2, 0.25) is 5.89 Å². The van der Waals surface area contributed by atoms with E-state index in [-0.39, 0.29) is 0 Å². The van der Waals surface area contributed by atoms with Gasteiger partial charge in [0.25, 0.3) is 5.22 Å². The number of methoxy groups -OCH3 is 1. The fraction of sp³-hybridized carbons (Fsp3) is 0.150. The van der Waals surface area contributed by atoms with Crippen LogP contribution in [-0.2, 0) is 5.75 Å². The van der Waals surface area contributed by atoms with E-state index in [1.165, 1.54) is 11.8 Å². The van der Waals surface area contributed by atoms with Crippen molar-refractivity contribution >= 4 is 39.0 Å². The van der Waals surface area contributed by atoms with Crippen LogP contribution in [0, 0.1) is 6.92 Å². The molecule has 4 aromatic rings. The fourth-order valence-corrected chi connectivity index (χ4v) is 4.63. The molecule has 0 fully saturated rings. The number of rotatable bonds is 6. The van der Waals surface area contributed by atoms with Gasteiger partial charge < -0.3 is 9.15 Å². The number of hydrogen-bond donors (Lipinski definition) is 0. The molecule has 0 aliphatic rings. The molecule has 0 atom stereocenters. The highest BCUT2D eigenvalue weighted by molar-refractivity contribution is 9.10. The van der Waals surface area contributed by atoms with Crippen LogP contribution in [0.2, 0.25) is 0 Å². The van der Waals surface area contributed by atoms with Crippen LogP contribution in [0.15, 0.2) is 62.0 Å². The van der Waals surface area contributed by atoms with E-state index in [2.05, 4.69) is 26.1 Å². The molecule has 142 valence electrons. The first-order valence-corrected chi connectivity index (χ1v) is 11.1. The Bertz CT molecular complexity index is 1110. The predicted molar refractivity (Wildman–Crippen MR) is 116 cm³/mol. The number of nitrogens with zero attached hydrogens (tertiary/aromatic N) is 3. The number of hydrogen-bond acceptors (Lipinski definition) is 7. The Morgan fingerprint density at radius 1 is 1.14 bits per heavy atom. The lowest BCUT2D eigenvalue weighted by Gasteiger charge is -2.06. The molecular formula is C20H16BrN3O2S2. The van der Waals surface area contributed by atoms with Crippen molar-refractivity contribution in [3.05, 3.63) is 63.6 Å². The second-order valence-corrected chi connectivity index (χ2v) is 8.67. The lowest BCUT2D eigenvalue weighted by molar-refractivity contribution is 0.416. The summed E-state index contributed by atoms with van der Waals surface area (Å²) in [5.74, 6) is 2.00. The number of benzene rings is 2. The smallest absolute Gasteiger partial charge is 0.277 e.